The number of guanidine groups is 1. The fourth-order valence-corrected chi connectivity index (χ4v) is 2.35. The van der Waals surface area contributed by atoms with Crippen LogP contribution in [0.2, 0.25) is 0 Å². The van der Waals surface area contributed by atoms with Gasteiger partial charge in [0.05, 0.1) is 6.54 Å². The molecule has 0 bridgehead atoms. The molecule has 0 fully saturated rings. The number of benzene rings is 1. The number of nitrogens with one attached hydrogen (secondary N) is 2. The summed E-state index contributed by atoms with van der Waals surface area (Å²) in [6.45, 7) is 3.14. The summed E-state index contributed by atoms with van der Waals surface area (Å²) in [5.41, 5.74) is 0. The van der Waals surface area contributed by atoms with E-state index in [1.54, 1.807) is 7.05 Å². The lowest BCUT2D eigenvalue weighted by atomic mass is 10.3. The molecule has 0 spiro atoms. The summed E-state index contributed by atoms with van der Waals surface area (Å²) in [5.74, 6) is 3.00. The predicted octanol–water partition coefficient (Wildman–Crippen LogP) is 1.46. The maximum Gasteiger partial charge on any atom is 0.231 e. The Balaban J connectivity index is 1.34. The summed E-state index contributed by atoms with van der Waals surface area (Å²) in [5, 5.41) is 6.49. The Morgan fingerprint density at radius 2 is 1.96 bits per heavy atom. The molecule has 2 N–H and O–H groups in total. The number of ether oxygens (including phenoxy) is 3. The molecule has 7 nitrogen and oxygen atoms in total. The van der Waals surface area contributed by atoms with E-state index in [1.807, 2.05) is 42.7 Å². The van der Waals surface area contributed by atoms with Gasteiger partial charge in [-0.3, -0.25) is 4.99 Å². The second kappa shape index (κ2) is 8.14. The Morgan fingerprint density at radius 1 is 1.17 bits per heavy atom. The first-order chi connectivity index (χ1) is 11.8. The topological polar surface area (TPSA) is 69.0 Å². The van der Waals surface area contributed by atoms with Gasteiger partial charge in [0.1, 0.15) is 12.4 Å². The van der Waals surface area contributed by atoms with E-state index in [0.717, 1.165) is 36.3 Å². The molecule has 0 unspecified atom stereocenters. The summed E-state index contributed by atoms with van der Waals surface area (Å²) in [7, 11) is 1.75. The molecule has 0 saturated carbocycles. The lowest BCUT2D eigenvalue weighted by Gasteiger charge is -2.13. The SMILES string of the molecule is CN=C(NCCOc1ccc2c(c1)OCO2)NCCn1cccc1. The highest BCUT2D eigenvalue weighted by Gasteiger charge is 2.13. The van der Waals surface area contributed by atoms with Gasteiger partial charge in [-0.2, -0.15) is 0 Å². The van der Waals surface area contributed by atoms with Crippen LogP contribution >= 0.6 is 0 Å². The predicted molar refractivity (Wildman–Crippen MR) is 91.9 cm³/mol. The van der Waals surface area contributed by atoms with Crippen LogP contribution in [0.4, 0.5) is 0 Å². The first kappa shape index (κ1) is 16.0. The van der Waals surface area contributed by atoms with Gasteiger partial charge < -0.3 is 29.4 Å². The molecule has 0 radical (unpaired) electrons. The lowest BCUT2D eigenvalue weighted by molar-refractivity contribution is 0.173. The van der Waals surface area contributed by atoms with Crippen LogP contribution in [-0.2, 0) is 6.54 Å². The van der Waals surface area contributed by atoms with E-state index in [-0.39, 0.29) is 6.79 Å². The van der Waals surface area contributed by atoms with E-state index in [9.17, 15) is 0 Å². The molecule has 7 heteroatoms. The minimum Gasteiger partial charge on any atom is -0.492 e. The number of fused-ring (bicyclic) bond motifs is 1. The average molecular weight is 330 g/mol. The molecule has 1 aliphatic rings. The van der Waals surface area contributed by atoms with E-state index >= 15 is 0 Å². The van der Waals surface area contributed by atoms with Gasteiger partial charge in [-0.25, -0.2) is 0 Å². The minimum atomic E-state index is 0.269. The van der Waals surface area contributed by atoms with Crippen LogP contribution in [0.15, 0.2) is 47.7 Å². The zero-order valence-corrected chi connectivity index (χ0v) is 13.7. The van der Waals surface area contributed by atoms with Crippen molar-refractivity contribution < 1.29 is 14.2 Å². The molecule has 2 heterocycles. The van der Waals surface area contributed by atoms with Crippen LogP contribution in [0.5, 0.6) is 17.2 Å². The monoisotopic (exact) mass is 330 g/mol. The third kappa shape index (κ3) is 4.34. The normalized spacial score (nSPS) is 13.0. The number of hydrogen-bond donors (Lipinski definition) is 2. The number of rotatable bonds is 7. The highest BCUT2D eigenvalue weighted by Crippen LogP contribution is 2.34. The van der Waals surface area contributed by atoms with Crippen molar-refractivity contribution in [1.82, 2.24) is 15.2 Å². The molecule has 1 aliphatic heterocycles. The van der Waals surface area contributed by atoms with Crippen LogP contribution in [0.1, 0.15) is 0 Å². The summed E-state index contributed by atoms with van der Waals surface area (Å²) in [6, 6.07) is 9.60. The Morgan fingerprint density at radius 3 is 2.79 bits per heavy atom. The Labute approximate surface area is 141 Å². The summed E-state index contributed by atoms with van der Waals surface area (Å²) in [6.07, 6.45) is 4.08. The van der Waals surface area contributed by atoms with Crippen molar-refractivity contribution in [2.45, 2.75) is 6.54 Å². The zero-order chi connectivity index (χ0) is 16.6. The number of aliphatic imine (C=N–C) groups is 1. The van der Waals surface area contributed by atoms with Crippen LogP contribution in [0.3, 0.4) is 0 Å². The maximum atomic E-state index is 5.70. The average Bonchev–Trinajstić information content (AvgIpc) is 3.27. The molecule has 1 aromatic carbocycles. The number of hydrogen-bond acceptors (Lipinski definition) is 4. The summed E-state index contributed by atoms with van der Waals surface area (Å²) in [4.78, 5) is 4.19. The Kier molecular flexibility index (Phi) is 5.44. The quantitative estimate of drug-likeness (QED) is 0.457. The van der Waals surface area contributed by atoms with Gasteiger partial charge in [0.15, 0.2) is 17.5 Å². The minimum absolute atomic E-state index is 0.269. The fourth-order valence-electron chi connectivity index (χ4n) is 2.35. The molecular weight excluding hydrogens is 308 g/mol. The van der Waals surface area contributed by atoms with Crippen LogP contribution in [0, 0.1) is 0 Å². The molecule has 0 aliphatic carbocycles. The molecule has 0 saturated heterocycles. The fraction of sp³-hybridized carbons (Fsp3) is 0.353. The highest BCUT2D eigenvalue weighted by molar-refractivity contribution is 5.79. The van der Waals surface area contributed by atoms with E-state index < -0.39 is 0 Å². The van der Waals surface area contributed by atoms with E-state index in [4.69, 9.17) is 14.2 Å². The summed E-state index contributed by atoms with van der Waals surface area (Å²) >= 11 is 0. The first-order valence-corrected chi connectivity index (χ1v) is 7.93. The Hall–Kier alpha value is -2.83. The molecule has 0 amide bonds. The van der Waals surface area contributed by atoms with Crippen LogP contribution in [0.25, 0.3) is 0 Å². The van der Waals surface area contributed by atoms with E-state index in [2.05, 4.69) is 20.2 Å². The standard InChI is InChI=1S/C17H22N4O3/c1-18-17(19-6-10-21-8-2-3-9-21)20-7-11-22-14-4-5-15-16(12-14)24-13-23-15/h2-5,8-9,12H,6-7,10-11,13H2,1H3,(H2,18,19,20). The molecule has 2 aromatic rings. The second-order valence-corrected chi connectivity index (χ2v) is 5.21. The second-order valence-electron chi connectivity index (χ2n) is 5.21. The van der Waals surface area contributed by atoms with Gasteiger partial charge in [0, 0.05) is 38.6 Å². The number of nitrogens with zero attached hydrogens (tertiary/aromatic N) is 2. The van der Waals surface area contributed by atoms with E-state index in [1.165, 1.54) is 0 Å². The number of aromatic nitrogens is 1. The van der Waals surface area contributed by atoms with Gasteiger partial charge in [0.2, 0.25) is 6.79 Å². The van der Waals surface area contributed by atoms with Gasteiger partial charge in [-0.1, -0.05) is 0 Å². The van der Waals surface area contributed by atoms with Crippen molar-refractivity contribution in [1.29, 1.82) is 0 Å². The van der Waals surface area contributed by atoms with Gasteiger partial charge in [-0.05, 0) is 24.3 Å². The van der Waals surface area contributed by atoms with E-state index in [0.29, 0.717) is 13.2 Å². The zero-order valence-electron chi connectivity index (χ0n) is 13.7. The van der Waals surface area contributed by atoms with Crippen molar-refractivity contribution in [3.63, 3.8) is 0 Å². The van der Waals surface area contributed by atoms with Crippen LogP contribution < -0.4 is 24.8 Å². The van der Waals surface area contributed by atoms with Gasteiger partial charge >= 0.3 is 0 Å². The summed E-state index contributed by atoms with van der Waals surface area (Å²) < 4.78 is 18.4. The third-order valence-electron chi connectivity index (χ3n) is 3.56. The largest absolute Gasteiger partial charge is 0.492 e. The molecular formula is C17H22N4O3. The molecule has 24 heavy (non-hydrogen) atoms. The Bertz CT molecular complexity index is 670. The maximum absolute atomic E-state index is 5.70. The van der Waals surface area contributed by atoms with Crippen molar-refractivity contribution in [2.24, 2.45) is 4.99 Å². The molecule has 0 atom stereocenters. The molecule has 128 valence electrons. The lowest BCUT2D eigenvalue weighted by Crippen LogP contribution is -2.40. The first-order valence-electron chi connectivity index (χ1n) is 7.93. The van der Waals surface area contributed by atoms with Gasteiger partial charge in [0.25, 0.3) is 0 Å². The van der Waals surface area contributed by atoms with Crippen LogP contribution in [-0.4, -0.2) is 44.1 Å². The smallest absolute Gasteiger partial charge is 0.231 e. The highest BCUT2D eigenvalue weighted by atomic mass is 16.7. The van der Waals surface area contributed by atoms with Crippen molar-refractivity contribution in [3.8, 4) is 17.2 Å². The third-order valence-corrected chi connectivity index (χ3v) is 3.56. The molecule has 1 aromatic heterocycles. The molecule has 3 rings (SSSR count). The van der Waals surface area contributed by atoms with Crippen molar-refractivity contribution >= 4 is 5.96 Å². The van der Waals surface area contributed by atoms with Crippen molar-refractivity contribution in [3.05, 3.63) is 42.7 Å². The van der Waals surface area contributed by atoms with Crippen molar-refractivity contribution in [2.75, 3.05) is 33.5 Å². The van der Waals surface area contributed by atoms with Gasteiger partial charge in [-0.15, -0.1) is 0 Å².